The van der Waals surface area contributed by atoms with Gasteiger partial charge in [0.25, 0.3) is 5.56 Å². The molecule has 2 aromatic rings. The Hall–Kier alpha value is -2.30. The fourth-order valence-electron chi connectivity index (χ4n) is 1.52. The second kappa shape index (κ2) is 5.77. The Bertz CT molecular complexity index is 760. The minimum Gasteiger partial charge on any atom is -0.465 e. The number of hydrogen-bond acceptors (Lipinski definition) is 6. The van der Waals surface area contributed by atoms with Crippen LogP contribution in [-0.2, 0) is 4.74 Å². The van der Waals surface area contributed by atoms with Crippen LogP contribution in [0.5, 0.6) is 0 Å². The topological polar surface area (TPSA) is 95.0 Å². The van der Waals surface area contributed by atoms with Crippen LogP contribution in [0.15, 0.2) is 23.0 Å². The summed E-state index contributed by atoms with van der Waals surface area (Å²) in [6, 6.07) is 6.35. The van der Waals surface area contributed by atoms with E-state index in [2.05, 4.69) is 14.4 Å². The number of nitrogens with one attached hydrogen (secondary N) is 2. The van der Waals surface area contributed by atoms with Gasteiger partial charge in [0.1, 0.15) is 11.1 Å². The molecule has 0 aliphatic rings. The van der Waals surface area contributed by atoms with Crippen molar-refractivity contribution in [3.05, 3.63) is 44.7 Å². The second-order valence-corrected chi connectivity index (χ2v) is 4.91. The normalized spacial score (nSPS) is 9.85. The van der Waals surface area contributed by atoms with Crippen molar-refractivity contribution >= 4 is 39.8 Å². The Kier molecular flexibility index (Phi) is 4.08. The molecule has 0 spiro atoms. The van der Waals surface area contributed by atoms with Gasteiger partial charge < -0.3 is 10.1 Å². The maximum absolute atomic E-state index is 11.7. The Morgan fingerprint density at radius 1 is 1.55 bits per heavy atom. The van der Waals surface area contributed by atoms with Crippen molar-refractivity contribution in [2.75, 3.05) is 12.4 Å². The summed E-state index contributed by atoms with van der Waals surface area (Å²) in [6.45, 7) is 0. The first-order valence-corrected chi connectivity index (χ1v) is 6.52. The Balaban J connectivity index is 2.47. The van der Waals surface area contributed by atoms with Crippen molar-refractivity contribution in [2.45, 2.75) is 0 Å². The molecule has 0 aliphatic carbocycles. The number of H-pyrrole nitrogens is 1. The van der Waals surface area contributed by atoms with Crippen LogP contribution in [0.3, 0.4) is 0 Å². The molecule has 20 heavy (non-hydrogen) atoms. The van der Waals surface area contributed by atoms with Crippen LogP contribution in [0.2, 0.25) is 5.02 Å². The summed E-state index contributed by atoms with van der Waals surface area (Å²) in [6.07, 6.45) is 0. The zero-order chi connectivity index (χ0) is 14.7. The highest BCUT2D eigenvalue weighted by Crippen LogP contribution is 2.27. The standard InChI is InChI=1S/C12H8ClN3O3S/c1-19-12(18)7-3-2-6(13)4-9(7)15-11-8(5-14)10(17)16-20-11/h2-4,15H,1H3,(H,16,17). The van der Waals surface area contributed by atoms with E-state index < -0.39 is 11.5 Å². The maximum atomic E-state index is 11.7. The lowest BCUT2D eigenvalue weighted by Gasteiger charge is -2.09. The smallest absolute Gasteiger partial charge is 0.339 e. The molecular weight excluding hydrogens is 302 g/mol. The molecular formula is C12H8ClN3O3S. The van der Waals surface area contributed by atoms with E-state index in [-0.39, 0.29) is 11.1 Å². The summed E-state index contributed by atoms with van der Waals surface area (Å²) in [7, 11) is 1.26. The minimum absolute atomic E-state index is 0.0502. The molecule has 0 amide bonds. The van der Waals surface area contributed by atoms with Crippen LogP contribution < -0.4 is 10.9 Å². The Labute approximate surface area is 122 Å². The summed E-state index contributed by atoms with van der Waals surface area (Å²) < 4.78 is 7.10. The summed E-state index contributed by atoms with van der Waals surface area (Å²) in [5.41, 5.74) is 0.0742. The van der Waals surface area contributed by atoms with Gasteiger partial charge in [-0.3, -0.25) is 9.17 Å². The molecule has 2 N–H and O–H groups in total. The third-order valence-electron chi connectivity index (χ3n) is 2.45. The number of aromatic amines is 1. The van der Waals surface area contributed by atoms with Crippen molar-refractivity contribution in [1.82, 2.24) is 4.37 Å². The Morgan fingerprint density at radius 3 is 2.95 bits per heavy atom. The molecule has 0 aliphatic heterocycles. The fourth-order valence-corrected chi connectivity index (χ4v) is 2.39. The highest BCUT2D eigenvalue weighted by molar-refractivity contribution is 7.10. The zero-order valence-corrected chi connectivity index (χ0v) is 11.8. The second-order valence-electron chi connectivity index (χ2n) is 3.66. The summed E-state index contributed by atoms with van der Waals surface area (Å²) in [5, 5.41) is 12.5. The van der Waals surface area contributed by atoms with Crippen molar-refractivity contribution in [1.29, 1.82) is 5.26 Å². The predicted octanol–water partition coefficient (Wildman–Crippen LogP) is 2.49. The monoisotopic (exact) mass is 309 g/mol. The van der Waals surface area contributed by atoms with E-state index in [0.717, 1.165) is 11.5 Å². The molecule has 0 saturated carbocycles. The van der Waals surface area contributed by atoms with Gasteiger partial charge >= 0.3 is 5.97 Å². The first-order valence-electron chi connectivity index (χ1n) is 5.33. The van der Waals surface area contributed by atoms with Gasteiger partial charge in [0.15, 0.2) is 5.56 Å². The number of benzene rings is 1. The average Bonchev–Trinajstić information content (AvgIpc) is 2.78. The third-order valence-corrected chi connectivity index (χ3v) is 3.48. The predicted molar refractivity (Wildman–Crippen MR) is 75.7 cm³/mol. The lowest BCUT2D eigenvalue weighted by molar-refractivity contribution is 0.0602. The molecule has 8 heteroatoms. The van der Waals surface area contributed by atoms with E-state index in [1.54, 1.807) is 12.1 Å². The lowest BCUT2D eigenvalue weighted by atomic mass is 10.1. The first-order chi connectivity index (χ1) is 9.56. The number of anilines is 2. The van der Waals surface area contributed by atoms with E-state index in [9.17, 15) is 9.59 Å². The van der Waals surface area contributed by atoms with E-state index in [0.29, 0.717) is 15.7 Å². The largest absolute Gasteiger partial charge is 0.465 e. The van der Waals surface area contributed by atoms with E-state index in [1.807, 2.05) is 0 Å². The molecule has 0 radical (unpaired) electrons. The number of nitriles is 1. The van der Waals surface area contributed by atoms with Crippen molar-refractivity contribution < 1.29 is 9.53 Å². The van der Waals surface area contributed by atoms with Gasteiger partial charge in [0, 0.05) is 5.02 Å². The minimum atomic E-state index is -0.550. The highest BCUT2D eigenvalue weighted by Gasteiger charge is 2.16. The van der Waals surface area contributed by atoms with Gasteiger partial charge in [-0.2, -0.15) is 5.26 Å². The van der Waals surface area contributed by atoms with E-state index in [4.69, 9.17) is 16.9 Å². The summed E-state index contributed by atoms with van der Waals surface area (Å²) >= 11 is 6.85. The third kappa shape index (κ3) is 2.66. The van der Waals surface area contributed by atoms with Crippen LogP contribution in [0.25, 0.3) is 0 Å². The molecule has 102 valence electrons. The molecule has 2 rings (SSSR count). The lowest BCUT2D eigenvalue weighted by Crippen LogP contribution is -2.07. The molecule has 0 unspecified atom stereocenters. The van der Waals surface area contributed by atoms with Crippen molar-refractivity contribution in [3.8, 4) is 6.07 Å². The molecule has 1 aromatic heterocycles. The van der Waals surface area contributed by atoms with Gasteiger partial charge in [-0.05, 0) is 29.7 Å². The number of esters is 1. The van der Waals surface area contributed by atoms with E-state index in [1.165, 1.54) is 19.2 Å². The molecule has 1 aromatic carbocycles. The molecule has 0 atom stereocenters. The number of carbonyl (C=O) groups excluding carboxylic acids is 1. The van der Waals surface area contributed by atoms with Crippen LogP contribution in [0, 0.1) is 11.3 Å². The fraction of sp³-hybridized carbons (Fsp3) is 0.0833. The first kappa shape index (κ1) is 14.1. The van der Waals surface area contributed by atoms with Gasteiger partial charge in [-0.25, -0.2) is 4.79 Å². The number of nitrogens with zero attached hydrogens (tertiary/aromatic N) is 1. The molecule has 0 bridgehead atoms. The van der Waals surface area contributed by atoms with Crippen molar-refractivity contribution in [2.24, 2.45) is 0 Å². The molecule has 6 nitrogen and oxygen atoms in total. The maximum Gasteiger partial charge on any atom is 0.339 e. The summed E-state index contributed by atoms with van der Waals surface area (Å²) in [5.74, 6) is -0.550. The number of aromatic nitrogens is 1. The van der Waals surface area contributed by atoms with E-state index >= 15 is 0 Å². The average molecular weight is 310 g/mol. The number of ether oxygens (including phenoxy) is 1. The molecule has 0 saturated heterocycles. The number of carbonyl (C=O) groups is 1. The van der Waals surface area contributed by atoms with Crippen LogP contribution >= 0.6 is 23.1 Å². The number of hydrogen-bond donors (Lipinski definition) is 2. The number of rotatable bonds is 3. The van der Waals surface area contributed by atoms with Crippen LogP contribution in [-0.4, -0.2) is 17.5 Å². The highest BCUT2D eigenvalue weighted by atomic mass is 35.5. The van der Waals surface area contributed by atoms with Crippen molar-refractivity contribution in [3.63, 3.8) is 0 Å². The number of methoxy groups -OCH3 is 1. The van der Waals surface area contributed by atoms with Gasteiger partial charge in [-0.1, -0.05) is 11.6 Å². The SMILES string of the molecule is COC(=O)c1ccc(Cl)cc1Nc1s[nH]c(=O)c1C#N. The molecule has 0 fully saturated rings. The van der Waals surface area contributed by atoms with Gasteiger partial charge in [0.2, 0.25) is 0 Å². The number of halogens is 1. The van der Waals surface area contributed by atoms with Crippen LogP contribution in [0.4, 0.5) is 10.7 Å². The van der Waals surface area contributed by atoms with Gasteiger partial charge in [0.05, 0.1) is 18.4 Å². The van der Waals surface area contributed by atoms with Crippen LogP contribution in [0.1, 0.15) is 15.9 Å². The summed E-state index contributed by atoms with van der Waals surface area (Å²) in [4.78, 5) is 23.0. The van der Waals surface area contributed by atoms with Gasteiger partial charge in [-0.15, -0.1) is 0 Å². The Morgan fingerprint density at radius 2 is 2.30 bits per heavy atom. The molecule has 1 heterocycles. The zero-order valence-electron chi connectivity index (χ0n) is 10.2. The quantitative estimate of drug-likeness (QED) is 0.849.